The number of nitrogens with one attached hydrogen (secondary N) is 1. The molecule has 0 atom stereocenters. The summed E-state index contributed by atoms with van der Waals surface area (Å²) in [6.07, 6.45) is 0.507. The number of carboxylic acid groups (broad SMARTS) is 1. The Morgan fingerprint density at radius 2 is 2.47 bits per heavy atom. The molecule has 0 radical (unpaired) electrons. The second kappa shape index (κ2) is 4.81. The molecule has 0 saturated heterocycles. The first-order valence-electron chi connectivity index (χ1n) is 4.09. The lowest BCUT2D eigenvalue weighted by Crippen LogP contribution is -2.24. The smallest absolute Gasteiger partial charge is 0.407 e. The van der Waals surface area contributed by atoms with E-state index in [0.717, 1.165) is 4.90 Å². The normalized spacial score (nSPS) is 9.80. The molecule has 0 unspecified atom stereocenters. The molecule has 0 aliphatic carbocycles. The van der Waals surface area contributed by atoms with Crippen molar-refractivity contribution in [2.24, 2.45) is 5.84 Å². The Morgan fingerprint density at radius 3 is 2.93 bits per heavy atom. The average molecular weight is 231 g/mol. The van der Waals surface area contributed by atoms with Crippen molar-refractivity contribution in [1.29, 1.82) is 0 Å². The lowest BCUT2D eigenvalue weighted by Gasteiger charge is -2.13. The van der Waals surface area contributed by atoms with Gasteiger partial charge in [-0.2, -0.15) is 0 Å². The van der Waals surface area contributed by atoms with E-state index in [4.69, 9.17) is 22.6 Å². The SMILES string of the molecule is CN(Cc1cnc(NN)c(Cl)c1)C(=O)O. The number of hydrazine groups is 1. The number of pyridine rings is 1. The summed E-state index contributed by atoms with van der Waals surface area (Å²) in [6.45, 7) is 0.229. The number of halogens is 1. The van der Waals surface area contributed by atoms with Crippen LogP contribution in [0.3, 0.4) is 0 Å². The zero-order valence-electron chi connectivity index (χ0n) is 8.07. The van der Waals surface area contributed by atoms with Crippen molar-refractivity contribution in [2.45, 2.75) is 6.54 Å². The maximum atomic E-state index is 10.6. The van der Waals surface area contributed by atoms with E-state index in [0.29, 0.717) is 16.4 Å². The Kier molecular flexibility index (Phi) is 3.70. The summed E-state index contributed by atoms with van der Waals surface area (Å²) >= 11 is 5.82. The third-order valence-corrected chi connectivity index (χ3v) is 2.07. The van der Waals surface area contributed by atoms with Crippen molar-refractivity contribution in [3.05, 3.63) is 22.8 Å². The highest BCUT2D eigenvalue weighted by Crippen LogP contribution is 2.19. The lowest BCUT2D eigenvalue weighted by molar-refractivity contribution is 0.153. The third-order valence-electron chi connectivity index (χ3n) is 1.78. The van der Waals surface area contributed by atoms with Crippen LogP contribution in [0.5, 0.6) is 0 Å². The van der Waals surface area contributed by atoms with Gasteiger partial charge in [0.25, 0.3) is 0 Å². The van der Waals surface area contributed by atoms with Crippen molar-refractivity contribution in [3.8, 4) is 0 Å². The second-order valence-electron chi connectivity index (χ2n) is 2.96. The summed E-state index contributed by atoms with van der Waals surface area (Å²) in [5.41, 5.74) is 3.02. The van der Waals surface area contributed by atoms with Gasteiger partial charge in [0.15, 0.2) is 5.82 Å². The molecule has 4 N–H and O–H groups in total. The summed E-state index contributed by atoms with van der Waals surface area (Å²) in [7, 11) is 1.46. The number of nitrogens with zero attached hydrogens (tertiary/aromatic N) is 2. The molecule has 0 saturated carbocycles. The Balaban J connectivity index is 2.79. The number of carbonyl (C=O) groups is 1. The number of amides is 1. The quantitative estimate of drug-likeness (QED) is 0.535. The van der Waals surface area contributed by atoms with Crippen molar-refractivity contribution < 1.29 is 9.90 Å². The number of hydrogen-bond donors (Lipinski definition) is 3. The minimum atomic E-state index is -1.01. The molecule has 0 aliphatic rings. The first-order valence-corrected chi connectivity index (χ1v) is 4.47. The molecule has 0 fully saturated rings. The Hall–Kier alpha value is -1.53. The van der Waals surface area contributed by atoms with Gasteiger partial charge >= 0.3 is 6.09 Å². The van der Waals surface area contributed by atoms with Crippen LogP contribution in [-0.4, -0.2) is 28.1 Å². The average Bonchev–Trinajstić information content (AvgIpc) is 2.18. The molecule has 7 heteroatoms. The molecule has 1 rings (SSSR count). The molecule has 1 heterocycles. The fourth-order valence-corrected chi connectivity index (χ4v) is 1.26. The Labute approximate surface area is 91.6 Å². The summed E-state index contributed by atoms with van der Waals surface area (Å²) in [5, 5.41) is 9.01. The van der Waals surface area contributed by atoms with Crippen LogP contribution < -0.4 is 11.3 Å². The molecule has 1 amide bonds. The number of nitrogen functional groups attached to an aromatic ring is 1. The van der Waals surface area contributed by atoms with Gasteiger partial charge in [-0.05, 0) is 11.6 Å². The molecule has 0 aliphatic heterocycles. The van der Waals surface area contributed by atoms with Gasteiger partial charge in [-0.25, -0.2) is 15.6 Å². The van der Waals surface area contributed by atoms with Gasteiger partial charge in [-0.15, -0.1) is 0 Å². The summed E-state index contributed by atoms with van der Waals surface area (Å²) in [4.78, 5) is 15.6. The number of nitrogens with two attached hydrogens (primary N) is 1. The molecule has 0 aromatic carbocycles. The van der Waals surface area contributed by atoms with Crippen LogP contribution in [0.1, 0.15) is 5.56 Å². The second-order valence-corrected chi connectivity index (χ2v) is 3.36. The van der Waals surface area contributed by atoms with Gasteiger partial charge in [-0.3, -0.25) is 0 Å². The highest BCUT2D eigenvalue weighted by atomic mass is 35.5. The van der Waals surface area contributed by atoms with E-state index in [9.17, 15) is 4.79 Å². The highest BCUT2D eigenvalue weighted by molar-refractivity contribution is 6.32. The van der Waals surface area contributed by atoms with Gasteiger partial charge < -0.3 is 15.4 Å². The molecule has 0 spiro atoms. The van der Waals surface area contributed by atoms with Crippen LogP contribution in [0.15, 0.2) is 12.3 Å². The number of hydrogen-bond acceptors (Lipinski definition) is 4. The zero-order chi connectivity index (χ0) is 11.4. The first-order chi connectivity index (χ1) is 7.04. The van der Waals surface area contributed by atoms with E-state index >= 15 is 0 Å². The highest BCUT2D eigenvalue weighted by Gasteiger charge is 2.08. The van der Waals surface area contributed by atoms with Crippen molar-refractivity contribution in [3.63, 3.8) is 0 Å². The zero-order valence-corrected chi connectivity index (χ0v) is 8.82. The fourth-order valence-electron chi connectivity index (χ4n) is 1.01. The predicted molar refractivity (Wildman–Crippen MR) is 56.5 cm³/mol. The largest absolute Gasteiger partial charge is 0.465 e. The van der Waals surface area contributed by atoms with Crippen LogP contribution in [0.2, 0.25) is 5.02 Å². The minimum absolute atomic E-state index is 0.229. The van der Waals surface area contributed by atoms with Gasteiger partial charge in [0.2, 0.25) is 0 Å². The van der Waals surface area contributed by atoms with Crippen LogP contribution in [-0.2, 0) is 6.54 Å². The van der Waals surface area contributed by atoms with Crippen LogP contribution in [0.25, 0.3) is 0 Å². The molecule has 6 nitrogen and oxygen atoms in total. The van der Waals surface area contributed by atoms with Gasteiger partial charge in [0.05, 0.1) is 11.6 Å². The number of rotatable bonds is 3. The fraction of sp³-hybridized carbons (Fsp3) is 0.250. The van der Waals surface area contributed by atoms with E-state index in [1.165, 1.54) is 13.2 Å². The van der Waals surface area contributed by atoms with Crippen LogP contribution in [0, 0.1) is 0 Å². The maximum absolute atomic E-state index is 10.6. The van der Waals surface area contributed by atoms with E-state index in [2.05, 4.69) is 10.4 Å². The molecule has 1 aromatic heterocycles. The van der Waals surface area contributed by atoms with E-state index in [1.54, 1.807) is 6.07 Å². The summed E-state index contributed by atoms with van der Waals surface area (Å²) < 4.78 is 0. The Bertz CT molecular complexity index is 372. The molecule has 15 heavy (non-hydrogen) atoms. The lowest BCUT2D eigenvalue weighted by atomic mass is 10.2. The van der Waals surface area contributed by atoms with Gasteiger partial charge in [0.1, 0.15) is 0 Å². The summed E-state index contributed by atoms with van der Waals surface area (Å²) in [5.74, 6) is 5.51. The molecule has 82 valence electrons. The third kappa shape index (κ3) is 2.97. The van der Waals surface area contributed by atoms with Crippen molar-refractivity contribution >= 4 is 23.5 Å². The Morgan fingerprint density at radius 1 is 1.80 bits per heavy atom. The van der Waals surface area contributed by atoms with Crippen LogP contribution >= 0.6 is 11.6 Å². The van der Waals surface area contributed by atoms with Gasteiger partial charge in [0, 0.05) is 13.2 Å². The van der Waals surface area contributed by atoms with E-state index in [1.807, 2.05) is 0 Å². The van der Waals surface area contributed by atoms with Crippen molar-refractivity contribution in [2.75, 3.05) is 12.5 Å². The van der Waals surface area contributed by atoms with Gasteiger partial charge in [-0.1, -0.05) is 11.6 Å². The monoisotopic (exact) mass is 230 g/mol. The maximum Gasteiger partial charge on any atom is 0.407 e. The molecular weight excluding hydrogens is 220 g/mol. The summed E-state index contributed by atoms with van der Waals surface area (Å²) in [6, 6.07) is 1.61. The topological polar surface area (TPSA) is 91.5 Å². The van der Waals surface area contributed by atoms with E-state index in [-0.39, 0.29) is 6.54 Å². The standard InChI is InChI=1S/C8H11ClN4O2/c1-13(8(14)15)4-5-2-6(9)7(12-10)11-3-5/h2-3H,4,10H2,1H3,(H,11,12)(H,14,15). The molecule has 1 aromatic rings. The number of aromatic nitrogens is 1. The first kappa shape index (κ1) is 11.5. The predicted octanol–water partition coefficient (Wildman–Crippen LogP) is 1.13. The number of anilines is 1. The molecular formula is C8H11ClN4O2. The molecule has 0 bridgehead atoms. The van der Waals surface area contributed by atoms with Crippen LogP contribution in [0.4, 0.5) is 10.6 Å². The minimum Gasteiger partial charge on any atom is -0.465 e. The van der Waals surface area contributed by atoms with Crippen molar-refractivity contribution in [1.82, 2.24) is 9.88 Å². The van der Waals surface area contributed by atoms with E-state index < -0.39 is 6.09 Å².